The highest BCUT2D eigenvalue weighted by atomic mass is 79.9. The molecule has 1 aromatic carbocycles. The first-order valence-corrected chi connectivity index (χ1v) is 7.45. The molecule has 0 amide bonds. The van der Waals surface area contributed by atoms with Crippen molar-refractivity contribution in [1.82, 2.24) is 9.97 Å². The van der Waals surface area contributed by atoms with Crippen LogP contribution in [-0.4, -0.2) is 16.5 Å². The maximum Gasteiger partial charge on any atom is 0.238 e. The Morgan fingerprint density at radius 2 is 2.11 bits per heavy atom. The molecule has 0 radical (unpaired) electrons. The summed E-state index contributed by atoms with van der Waals surface area (Å²) >= 11 is 12.9. The number of rotatable bonds is 4. The highest BCUT2D eigenvalue weighted by Gasteiger charge is 2.12. The van der Waals surface area contributed by atoms with Crippen LogP contribution in [0.15, 0.2) is 33.5 Å². The molecule has 0 saturated carbocycles. The van der Waals surface area contributed by atoms with E-state index in [0.29, 0.717) is 26.9 Å². The molecule has 0 fully saturated rings. The number of ether oxygens (including phenoxy) is 1. The van der Waals surface area contributed by atoms with E-state index >= 15 is 0 Å². The zero-order valence-corrected chi connectivity index (χ0v) is 13.9. The number of anilines is 1. The van der Waals surface area contributed by atoms with Crippen LogP contribution in [0.4, 0.5) is 5.82 Å². The third kappa shape index (κ3) is 3.58. The standard InChI is InChI=1S/C12H10Br2ClN3O/c1-2-16-11-10(14)12(18-6-17-11)19-9-4-3-7(13)5-8(9)15/h3-6H,2H2,1H3,(H,16,17,18). The molecule has 4 nitrogen and oxygen atoms in total. The summed E-state index contributed by atoms with van der Waals surface area (Å²) in [6.07, 6.45) is 1.44. The average molecular weight is 407 g/mol. The molecule has 0 aliphatic carbocycles. The number of hydrogen-bond acceptors (Lipinski definition) is 4. The highest BCUT2D eigenvalue weighted by molar-refractivity contribution is 9.11. The zero-order valence-electron chi connectivity index (χ0n) is 9.95. The lowest BCUT2D eigenvalue weighted by atomic mass is 10.3. The van der Waals surface area contributed by atoms with Gasteiger partial charge in [-0.05, 0) is 41.1 Å². The molecule has 2 rings (SSSR count). The van der Waals surface area contributed by atoms with Gasteiger partial charge in [0, 0.05) is 11.0 Å². The smallest absolute Gasteiger partial charge is 0.238 e. The van der Waals surface area contributed by atoms with E-state index in [4.69, 9.17) is 16.3 Å². The SMILES string of the molecule is CCNc1ncnc(Oc2ccc(Br)cc2Cl)c1Br. The second kappa shape index (κ2) is 6.54. The molecule has 1 aromatic heterocycles. The van der Waals surface area contributed by atoms with Crippen molar-refractivity contribution in [3.63, 3.8) is 0 Å². The fourth-order valence-electron chi connectivity index (χ4n) is 1.38. The first kappa shape index (κ1) is 14.6. The molecule has 0 bridgehead atoms. The molecule has 1 heterocycles. The summed E-state index contributed by atoms with van der Waals surface area (Å²) in [5.41, 5.74) is 0. The summed E-state index contributed by atoms with van der Waals surface area (Å²) in [5.74, 6) is 1.63. The predicted octanol–water partition coefficient (Wildman–Crippen LogP) is 4.88. The molecule has 100 valence electrons. The van der Waals surface area contributed by atoms with Crippen molar-refractivity contribution in [2.45, 2.75) is 6.92 Å². The van der Waals surface area contributed by atoms with Crippen LogP contribution in [0.1, 0.15) is 6.92 Å². The minimum atomic E-state index is 0.412. The summed E-state index contributed by atoms with van der Waals surface area (Å²) < 4.78 is 7.24. The minimum Gasteiger partial charge on any atom is -0.436 e. The lowest BCUT2D eigenvalue weighted by Crippen LogP contribution is -2.02. The van der Waals surface area contributed by atoms with Gasteiger partial charge in [0.2, 0.25) is 5.88 Å². The Morgan fingerprint density at radius 3 is 2.79 bits per heavy atom. The first-order valence-electron chi connectivity index (χ1n) is 5.49. The van der Waals surface area contributed by atoms with Gasteiger partial charge in [0.1, 0.15) is 22.4 Å². The topological polar surface area (TPSA) is 47.0 Å². The van der Waals surface area contributed by atoms with Gasteiger partial charge in [-0.3, -0.25) is 0 Å². The van der Waals surface area contributed by atoms with Crippen LogP contribution < -0.4 is 10.1 Å². The Labute approximate surface area is 132 Å². The second-order valence-corrected chi connectivity index (χ2v) is 5.66. The van der Waals surface area contributed by atoms with E-state index in [1.807, 2.05) is 13.0 Å². The summed E-state index contributed by atoms with van der Waals surface area (Å²) in [5, 5.41) is 3.61. The molecule has 0 unspecified atom stereocenters. The van der Waals surface area contributed by atoms with Gasteiger partial charge >= 0.3 is 0 Å². The van der Waals surface area contributed by atoms with Crippen LogP contribution in [0.3, 0.4) is 0 Å². The molecule has 19 heavy (non-hydrogen) atoms. The fraction of sp³-hybridized carbons (Fsp3) is 0.167. The Bertz CT molecular complexity index is 595. The summed E-state index contributed by atoms with van der Waals surface area (Å²) in [7, 11) is 0. The Kier molecular flexibility index (Phi) is 5.01. The predicted molar refractivity (Wildman–Crippen MR) is 83.1 cm³/mol. The van der Waals surface area contributed by atoms with Crippen molar-refractivity contribution in [2.24, 2.45) is 0 Å². The average Bonchev–Trinajstić information content (AvgIpc) is 2.37. The van der Waals surface area contributed by atoms with Crippen molar-refractivity contribution in [3.05, 3.63) is 38.5 Å². The van der Waals surface area contributed by atoms with E-state index in [1.54, 1.807) is 12.1 Å². The molecule has 0 spiro atoms. The van der Waals surface area contributed by atoms with Gasteiger partial charge in [0.05, 0.1) is 5.02 Å². The second-order valence-electron chi connectivity index (χ2n) is 3.55. The molecule has 7 heteroatoms. The van der Waals surface area contributed by atoms with Gasteiger partial charge in [-0.2, -0.15) is 0 Å². The van der Waals surface area contributed by atoms with Crippen molar-refractivity contribution in [3.8, 4) is 11.6 Å². The van der Waals surface area contributed by atoms with Gasteiger partial charge in [-0.25, -0.2) is 9.97 Å². The number of benzene rings is 1. The molecular weight excluding hydrogens is 397 g/mol. The highest BCUT2D eigenvalue weighted by Crippen LogP contribution is 2.35. The molecular formula is C12H10Br2ClN3O. The van der Waals surface area contributed by atoms with E-state index in [2.05, 4.69) is 47.1 Å². The van der Waals surface area contributed by atoms with Gasteiger partial charge in [-0.15, -0.1) is 0 Å². The van der Waals surface area contributed by atoms with Gasteiger partial charge in [-0.1, -0.05) is 27.5 Å². The Balaban J connectivity index is 2.30. The molecule has 2 aromatic rings. The van der Waals surface area contributed by atoms with Gasteiger partial charge in [0.15, 0.2) is 0 Å². The number of hydrogen-bond donors (Lipinski definition) is 1. The maximum atomic E-state index is 6.10. The largest absolute Gasteiger partial charge is 0.436 e. The number of nitrogens with zero attached hydrogens (tertiary/aromatic N) is 2. The van der Waals surface area contributed by atoms with Crippen LogP contribution >= 0.6 is 43.5 Å². The summed E-state index contributed by atoms with van der Waals surface area (Å²) in [6.45, 7) is 2.74. The van der Waals surface area contributed by atoms with Crippen LogP contribution in [0.25, 0.3) is 0 Å². The normalized spacial score (nSPS) is 10.3. The summed E-state index contributed by atoms with van der Waals surface area (Å²) in [4.78, 5) is 8.21. The van der Waals surface area contributed by atoms with E-state index < -0.39 is 0 Å². The fourth-order valence-corrected chi connectivity index (χ4v) is 2.52. The van der Waals surface area contributed by atoms with Gasteiger partial charge < -0.3 is 10.1 Å². The van der Waals surface area contributed by atoms with Crippen molar-refractivity contribution in [2.75, 3.05) is 11.9 Å². The van der Waals surface area contributed by atoms with E-state index in [9.17, 15) is 0 Å². The van der Waals surface area contributed by atoms with Crippen molar-refractivity contribution in [1.29, 1.82) is 0 Å². The monoisotopic (exact) mass is 405 g/mol. The third-order valence-electron chi connectivity index (χ3n) is 2.20. The Morgan fingerprint density at radius 1 is 1.32 bits per heavy atom. The summed E-state index contributed by atoms with van der Waals surface area (Å²) in [6, 6.07) is 5.38. The molecule has 0 atom stereocenters. The quantitative estimate of drug-likeness (QED) is 0.785. The number of nitrogens with one attached hydrogen (secondary N) is 1. The zero-order chi connectivity index (χ0) is 13.8. The Hall–Kier alpha value is -0.850. The minimum absolute atomic E-state index is 0.412. The van der Waals surface area contributed by atoms with Gasteiger partial charge in [0.25, 0.3) is 0 Å². The van der Waals surface area contributed by atoms with Crippen LogP contribution in [-0.2, 0) is 0 Å². The maximum absolute atomic E-state index is 6.10. The van der Waals surface area contributed by atoms with E-state index in [1.165, 1.54) is 6.33 Å². The molecule has 0 aliphatic rings. The molecule has 0 aliphatic heterocycles. The van der Waals surface area contributed by atoms with Crippen LogP contribution in [0, 0.1) is 0 Å². The van der Waals surface area contributed by atoms with E-state index in [0.717, 1.165) is 11.0 Å². The third-order valence-corrected chi connectivity index (χ3v) is 3.71. The number of aromatic nitrogens is 2. The lowest BCUT2D eigenvalue weighted by molar-refractivity contribution is 0.458. The lowest BCUT2D eigenvalue weighted by Gasteiger charge is -2.11. The van der Waals surface area contributed by atoms with Crippen LogP contribution in [0.2, 0.25) is 5.02 Å². The van der Waals surface area contributed by atoms with Crippen molar-refractivity contribution < 1.29 is 4.74 Å². The first-order chi connectivity index (χ1) is 9.11. The van der Waals surface area contributed by atoms with Crippen molar-refractivity contribution >= 4 is 49.3 Å². The number of halogens is 3. The molecule has 0 saturated heterocycles. The molecule has 1 N–H and O–H groups in total. The van der Waals surface area contributed by atoms with E-state index in [-0.39, 0.29) is 0 Å². The van der Waals surface area contributed by atoms with Crippen LogP contribution in [0.5, 0.6) is 11.6 Å².